The van der Waals surface area contributed by atoms with Gasteiger partial charge in [-0.3, -0.25) is 14.5 Å². The molecule has 1 saturated heterocycles. The van der Waals surface area contributed by atoms with E-state index in [2.05, 4.69) is 15.9 Å². The van der Waals surface area contributed by atoms with Crippen molar-refractivity contribution in [2.45, 2.75) is 20.1 Å². The lowest BCUT2D eigenvalue weighted by atomic mass is 10.1. The van der Waals surface area contributed by atoms with E-state index in [1.165, 1.54) is 11.0 Å². The molecule has 4 aromatic carbocycles. The van der Waals surface area contributed by atoms with Gasteiger partial charge in [-0.2, -0.15) is 0 Å². The lowest BCUT2D eigenvalue weighted by Gasteiger charge is -2.15. The number of thioether (sulfide) groups is 1. The first-order valence-corrected chi connectivity index (χ1v) is 13.6. The van der Waals surface area contributed by atoms with E-state index in [-0.39, 0.29) is 30.1 Å². The third-order valence-electron chi connectivity index (χ3n) is 5.99. The highest BCUT2D eigenvalue weighted by Crippen LogP contribution is 2.40. The first-order chi connectivity index (χ1) is 18.4. The fourth-order valence-corrected chi connectivity index (χ4v) is 5.56. The number of nitrogens with zero attached hydrogens (tertiary/aromatic N) is 1. The van der Waals surface area contributed by atoms with E-state index in [9.17, 15) is 14.0 Å². The molecule has 2 amide bonds. The maximum atomic E-state index is 14.0. The van der Waals surface area contributed by atoms with Crippen LogP contribution in [0.5, 0.6) is 11.5 Å². The van der Waals surface area contributed by atoms with Gasteiger partial charge in [-0.1, -0.05) is 54.6 Å². The summed E-state index contributed by atoms with van der Waals surface area (Å²) in [6, 6.07) is 23.8. The van der Waals surface area contributed by atoms with Crippen molar-refractivity contribution in [3.05, 3.63) is 111 Å². The molecular formula is C30H23BrFNO4S. The van der Waals surface area contributed by atoms with E-state index in [1.54, 1.807) is 36.4 Å². The second kappa shape index (κ2) is 11.4. The molecule has 0 N–H and O–H groups in total. The Bertz CT molecular complexity index is 1570. The van der Waals surface area contributed by atoms with Gasteiger partial charge in [0, 0.05) is 5.56 Å². The van der Waals surface area contributed by atoms with Gasteiger partial charge in [-0.05, 0) is 86.9 Å². The van der Waals surface area contributed by atoms with Gasteiger partial charge in [-0.15, -0.1) is 0 Å². The van der Waals surface area contributed by atoms with E-state index >= 15 is 0 Å². The molecule has 192 valence electrons. The van der Waals surface area contributed by atoms with E-state index in [4.69, 9.17) is 9.47 Å². The summed E-state index contributed by atoms with van der Waals surface area (Å²) in [6.45, 7) is 2.45. The van der Waals surface area contributed by atoms with Gasteiger partial charge in [0.1, 0.15) is 12.4 Å². The lowest BCUT2D eigenvalue weighted by Crippen LogP contribution is -2.27. The number of benzene rings is 4. The van der Waals surface area contributed by atoms with E-state index in [0.717, 1.165) is 28.1 Å². The van der Waals surface area contributed by atoms with Crippen molar-refractivity contribution in [2.75, 3.05) is 6.61 Å². The number of carbonyl (C=O) groups is 2. The largest absolute Gasteiger partial charge is 0.490 e. The summed E-state index contributed by atoms with van der Waals surface area (Å²) in [5.41, 5.74) is 1.96. The minimum atomic E-state index is -0.349. The molecule has 8 heteroatoms. The molecule has 1 aliphatic heterocycles. The van der Waals surface area contributed by atoms with Gasteiger partial charge in [-0.25, -0.2) is 4.39 Å². The number of imide groups is 1. The molecule has 0 atom stereocenters. The monoisotopic (exact) mass is 591 g/mol. The average Bonchev–Trinajstić information content (AvgIpc) is 3.16. The summed E-state index contributed by atoms with van der Waals surface area (Å²) in [4.78, 5) is 27.5. The summed E-state index contributed by atoms with van der Waals surface area (Å²) < 4.78 is 26.3. The van der Waals surface area contributed by atoms with Crippen molar-refractivity contribution >= 4 is 55.7 Å². The van der Waals surface area contributed by atoms with Gasteiger partial charge in [0.05, 0.1) is 22.5 Å². The van der Waals surface area contributed by atoms with Crippen molar-refractivity contribution in [3.63, 3.8) is 0 Å². The summed E-state index contributed by atoms with van der Waals surface area (Å²) in [6.07, 6.45) is 1.67. The molecule has 1 fully saturated rings. The van der Waals surface area contributed by atoms with Crippen molar-refractivity contribution in [2.24, 2.45) is 0 Å². The average molecular weight is 592 g/mol. The van der Waals surface area contributed by atoms with Crippen LogP contribution < -0.4 is 9.47 Å². The Hall–Kier alpha value is -3.62. The van der Waals surface area contributed by atoms with Gasteiger partial charge in [0.15, 0.2) is 11.5 Å². The number of hydrogen-bond donors (Lipinski definition) is 0. The van der Waals surface area contributed by atoms with Crippen molar-refractivity contribution in [1.29, 1.82) is 0 Å². The zero-order valence-electron chi connectivity index (χ0n) is 20.4. The highest BCUT2D eigenvalue weighted by atomic mass is 79.9. The molecule has 0 bridgehead atoms. The second-order valence-electron chi connectivity index (χ2n) is 8.59. The van der Waals surface area contributed by atoms with Crippen LogP contribution in [0.2, 0.25) is 0 Å². The number of fused-ring (bicyclic) bond motifs is 1. The van der Waals surface area contributed by atoms with Crippen molar-refractivity contribution in [3.8, 4) is 11.5 Å². The normalized spacial score (nSPS) is 14.5. The minimum absolute atomic E-state index is 0.0261. The van der Waals surface area contributed by atoms with Crippen LogP contribution in [0.1, 0.15) is 23.6 Å². The van der Waals surface area contributed by atoms with Crippen LogP contribution in [0.3, 0.4) is 0 Å². The Morgan fingerprint density at radius 1 is 0.947 bits per heavy atom. The van der Waals surface area contributed by atoms with Crippen LogP contribution in [0, 0.1) is 5.82 Å². The zero-order valence-corrected chi connectivity index (χ0v) is 22.9. The number of hydrogen-bond acceptors (Lipinski definition) is 5. The standard InChI is InChI=1S/C30H23BrFNO4S/c1-2-36-26-15-20(14-24(31)28(26)37-18-23-9-5-6-10-25(23)32)16-27-29(34)33(30(35)38-27)17-19-11-12-21-7-3-4-8-22(21)13-19/h3-16H,2,17-18H2,1H3/b27-16-. The summed E-state index contributed by atoms with van der Waals surface area (Å²) in [5.74, 6) is 0.177. The Morgan fingerprint density at radius 3 is 2.50 bits per heavy atom. The van der Waals surface area contributed by atoms with Gasteiger partial charge < -0.3 is 9.47 Å². The maximum Gasteiger partial charge on any atom is 0.293 e. The molecule has 4 aromatic rings. The van der Waals surface area contributed by atoms with Crippen LogP contribution in [0.25, 0.3) is 16.8 Å². The van der Waals surface area contributed by atoms with Crippen molar-refractivity contribution < 1.29 is 23.5 Å². The molecule has 5 nitrogen and oxygen atoms in total. The zero-order chi connectivity index (χ0) is 26.6. The first kappa shape index (κ1) is 26.0. The van der Waals surface area contributed by atoms with Crippen LogP contribution in [-0.4, -0.2) is 22.7 Å². The third-order valence-corrected chi connectivity index (χ3v) is 7.48. The van der Waals surface area contributed by atoms with Crippen molar-refractivity contribution in [1.82, 2.24) is 4.90 Å². The lowest BCUT2D eigenvalue weighted by molar-refractivity contribution is -0.123. The molecular weight excluding hydrogens is 569 g/mol. The Morgan fingerprint density at radius 2 is 1.71 bits per heavy atom. The molecule has 0 spiro atoms. The highest BCUT2D eigenvalue weighted by molar-refractivity contribution is 9.10. The fraction of sp³-hybridized carbons (Fsp3) is 0.133. The quantitative estimate of drug-likeness (QED) is 0.194. The second-order valence-corrected chi connectivity index (χ2v) is 10.4. The molecule has 0 unspecified atom stereocenters. The smallest absolute Gasteiger partial charge is 0.293 e. The summed E-state index contributed by atoms with van der Waals surface area (Å²) in [7, 11) is 0. The number of rotatable bonds is 8. The van der Waals surface area contributed by atoms with E-state index < -0.39 is 0 Å². The highest BCUT2D eigenvalue weighted by Gasteiger charge is 2.35. The van der Waals surface area contributed by atoms with Gasteiger partial charge in [0.2, 0.25) is 0 Å². The fourth-order valence-electron chi connectivity index (χ4n) is 4.15. The predicted molar refractivity (Wildman–Crippen MR) is 152 cm³/mol. The summed E-state index contributed by atoms with van der Waals surface area (Å²) >= 11 is 4.42. The summed E-state index contributed by atoms with van der Waals surface area (Å²) in [5, 5.41) is 1.84. The first-order valence-electron chi connectivity index (χ1n) is 12.0. The third kappa shape index (κ3) is 5.61. The molecule has 0 aromatic heterocycles. The Balaban J connectivity index is 1.36. The van der Waals surface area contributed by atoms with Gasteiger partial charge in [0.25, 0.3) is 11.1 Å². The Kier molecular flexibility index (Phi) is 7.81. The molecule has 1 aliphatic rings. The van der Waals surface area contributed by atoms with Gasteiger partial charge >= 0.3 is 0 Å². The van der Waals surface area contributed by atoms with Crippen LogP contribution >= 0.6 is 27.7 Å². The van der Waals surface area contributed by atoms with Crippen LogP contribution in [0.4, 0.5) is 9.18 Å². The molecule has 0 saturated carbocycles. The number of ether oxygens (including phenoxy) is 2. The SMILES string of the molecule is CCOc1cc(/C=C2\SC(=O)N(Cc3ccc4ccccc4c3)C2=O)cc(Br)c1OCc1ccccc1F. The minimum Gasteiger partial charge on any atom is -0.490 e. The topological polar surface area (TPSA) is 55.8 Å². The molecule has 1 heterocycles. The van der Waals surface area contributed by atoms with E-state index in [1.807, 2.05) is 49.4 Å². The number of carbonyl (C=O) groups excluding carboxylic acids is 2. The Labute approximate surface area is 232 Å². The molecule has 0 radical (unpaired) electrons. The molecule has 0 aliphatic carbocycles. The molecule has 5 rings (SSSR count). The number of halogens is 2. The van der Waals surface area contributed by atoms with Crippen LogP contribution in [0.15, 0.2) is 88.2 Å². The molecule has 38 heavy (non-hydrogen) atoms. The predicted octanol–water partition coefficient (Wildman–Crippen LogP) is 7.96. The van der Waals surface area contributed by atoms with E-state index in [0.29, 0.717) is 38.6 Å². The van der Waals surface area contributed by atoms with Crippen LogP contribution in [-0.2, 0) is 17.9 Å². The maximum absolute atomic E-state index is 14.0. The number of amides is 2.